The summed E-state index contributed by atoms with van der Waals surface area (Å²) in [5, 5.41) is 10.0. The van der Waals surface area contributed by atoms with Gasteiger partial charge in [0.15, 0.2) is 16.7 Å². The molecule has 0 saturated carbocycles. The van der Waals surface area contributed by atoms with Crippen LogP contribution >= 0.6 is 11.8 Å². The maximum atomic E-state index is 13.6. The van der Waals surface area contributed by atoms with Crippen molar-refractivity contribution in [3.05, 3.63) is 130 Å². The largest absolute Gasteiger partial charge is 0.490 e. The average Bonchev–Trinajstić information content (AvgIpc) is 3.27. The van der Waals surface area contributed by atoms with Crippen LogP contribution < -0.4 is 9.47 Å². The van der Waals surface area contributed by atoms with Gasteiger partial charge in [0, 0.05) is 5.56 Å². The standard InChI is InChI=1S/C34H29N3O3S/c1-3-39-31-19-26(15-18-30(31)40-23-28-12-8-7-11-27(28)21-35)20-32-33(38)37(22-25-9-5-4-6-10-25)34(41-32)36-29-16-13-24(2)14-17-29/h4-20H,3,22-23H2,1-2H3/b32-20+,36-34?. The summed E-state index contributed by atoms with van der Waals surface area (Å²) in [6.45, 7) is 5.07. The molecule has 1 aliphatic rings. The number of ether oxygens (including phenoxy) is 2. The maximum Gasteiger partial charge on any atom is 0.267 e. The van der Waals surface area contributed by atoms with E-state index in [1.807, 2.05) is 111 Å². The first kappa shape index (κ1) is 27.8. The molecule has 41 heavy (non-hydrogen) atoms. The molecule has 5 rings (SSSR count). The summed E-state index contributed by atoms with van der Waals surface area (Å²) in [5.41, 5.74) is 5.16. The number of rotatable bonds is 9. The first-order valence-corrected chi connectivity index (χ1v) is 14.1. The molecule has 1 fully saturated rings. The lowest BCUT2D eigenvalue weighted by molar-refractivity contribution is -0.122. The monoisotopic (exact) mass is 559 g/mol. The molecule has 0 bridgehead atoms. The van der Waals surface area contributed by atoms with Gasteiger partial charge in [0.1, 0.15) is 6.61 Å². The van der Waals surface area contributed by atoms with Crippen LogP contribution in [-0.2, 0) is 17.9 Å². The van der Waals surface area contributed by atoms with Gasteiger partial charge in [-0.2, -0.15) is 5.26 Å². The number of amides is 1. The molecule has 4 aromatic carbocycles. The second kappa shape index (κ2) is 13.0. The molecule has 0 N–H and O–H groups in total. The fourth-order valence-electron chi connectivity index (χ4n) is 4.29. The van der Waals surface area contributed by atoms with Crippen LogP contribution in [0.15, 0.2) is 107 Å². The van der Waals surface area contributed by atoms with E-state index >= 15 is 0 Å². The third kappa shape index (κ3) is 6.86. The van der Waals surface area contributed by atoms with E-state index in [2.05, 4.69) is 6.07 Å². The summed E-state index contributed by atoms with van der Waals surface area (Å²) < 4.78 is 11.9. The second-order valence-corrected chi connectivity index (χ2v) is 10.4. The van der Waals surface area contributed by atoms with Gasteiger partial charge in [0.05, 0.1) is 35.4 Å². The first-order chi connectivity index (χ1) is 20.0. The molecule has 0 aromatic heterocycles. The number of nitriles is 1. The molecule has 1 heterocycles. The van der Waals surface area contributed by atoms with E-state index in [9.17, 15) is 10.1 Å². The SMILES string of the molecule is CCOc1cc(/C=C2/SC(=Nc3ccc(C)cc3)N(Cc3ccccc3)C2=O)ccc1OCc1ccccc1C#N. The number of benzene rings is 4. The molecule has 1 aliphatic heterocycles. The molecular weight excluding hydrogens is 530 g/mol. The summed E-state index contributed by atoms with van der Waals surface area (Å²) in [6, 6.07) is 33.0. The van der Waals surface area contributed by atoms with Gasteiger partial charge in [-0.3, -0.25) is 9.69 Å². The number of hydrogen-bond donors (Lipinski definition) is 0. The van der Waals surface area contributed by atoms with Crippen LogP contribution in [0.3, 0.4) is 0 Å². The third-order valence-electron chi connectivity index (χ3n) is 6.42. The van der Waals surface area contributed by atoms with Crippen LogP contribution in [-0.4, -0.2) is 22.6 Å². The Kier molecular flexibility index (Phi) is 8.82. The Labute approximate surface area is 244 Å². The molecule has 1 saturated heterocycles. The van der Waals surface area contributed by atoms with Gasteiger partial charge >= 0.3 is 0 Å². The van der Waals surface area contributed by atoms with Gasteiger partial charge in [-0.15, -0.1) is 0 Å². The van der Waals surface area contributed by atoms with Crippen molar-refractivity contribution in [3.8, 4) is 17.6 Å². The molecule has 1 amide bonds. The highest BCUT2D eigenvalue weighted by Gasteiger charge is 2.33. The highest BCUT2D eigenvalue weighted by molar-refractivity contribution is 8.18. The molecule has 6 nitrogen and oxygen atoms in total. The fourth-order valence-corrected chi connectivity index (χ4v) is 5.29. The number of aliphatic imine (C=N–C) groups is 1. The van der Waals surface area contributed by atoms with Crippen LogP contribution in [0, 0.1) is 18.3 Å². The topological polar surface area (TPSA) is 74.9 Å². The van der Waals surface area contributed by atoms with Crippen molar-refractivity contribution in [2.45, 2.75) is 27.0 Å². The van der Waals surface area contributed by atoms with Crippen LogP contribution in [0.2, 0.25) is 0 Å². The Morgan fingerprint density at radius 2 is 1.68 bits per heavy atom. The molecule has 0 aliphatic carbocycles. The van der Waals surface area contributed by atoms with E-state index in [1.54, 1.807) is 11.0 Å². The predicted octanol–water partition coefficient (Wildman–Crippen LogP) is 7.65. The van der Waals surface area contributed by atoms with Crippen molar-refractivity contribution in [1.82, 2.24) is 4.90 Å². The van der Waals surface area contributed by atoms with Crippen LogP contribution in [0.1, 0.15) is 34.7 Å². The van der Waals surface area contributed by atoms with Crippen LogP contribution in [0.4, 0.5) is 5.69 Å². The Morgan fingerprint density at radius 1 is 0.927 bits per heavy atom. The molecule has 0 unspecified atom stereocenters. The van der Waals surface area contributed by atoms with Crippen molar-refractivity contribution >= 4 is 34.6 Å². The zero-order valence-electron chi connectivity index (χ0n) is 22.9. The highest BCUT2D eigenvalue weighted by Crippen LogP contribution is 2.37. The second-order valence-electron chi connectivity index (χ2n) is 9.41. The minimum Gasteiger partial charge on any atom is -0.490 e. The van der Waals surface area contributed by atoms with Crippen LogP contribution in [0.5, 0.6) is 11.5 Å². The number of hydrogen-bond acceptors (Lipinski definition) is 6. The number of amidine groups is 1. The van der Waals surface area contributed by atoms with E-state index < -0.39 is 0 Å². The molecule has 0 spiro atoms. The van der Waals surface area contributed by atoms with Crippen molar-refractivity contribution in [3.63, 3.8) is 0 Å². The Morgan fingerprint density at radius 3 is 2.44 bits per heavy atom. The Hall–Kier alpha value is -4.80. The highest BCUT2D eigenvalue weighted by atomic mass is 32.2. The molecule has 204 valence electrons. The van der Waals surface area contributed by atoms with Crippen molar-refractivity contribution in [2.75, 3.05) is 6.61 Å². The van der Waals surface area contributed by atoms with E-state index in [0.717, 1.165) is 27.9 Å². The normalized spacial score (nSPS) is 14.9. The summed E-state index contributed by atoms with van der Waals surface area (Å²) in [6.07, 6.45) is 1.86. The van der Waals surface area contributed by atoms with Crippen LogP contribution in [0.25, 0.3) is 6.08 Å². The summed E-state index contributed by atoms with van der Waals surface area (Å²) in [7, 11) is 0. The van der Waals surface area contributed by atoms with Gasteiger partial charge in [0.25, 0.3) is 5.91 Å². The zero-order chi connectivity index (χ0) is 28.6. The molecule has 0 radical (unpaired) electrons. The van der Waals surface area contributed by atoms with Crippen molar-refractivity contribution in [1.29, 1.82) is 5.26 Å². The number of carbonyl (C=O) groups is 1. The lowest BCUT2D eigenvalue weighted by Crippen LogP contribution is -2.28. The summed E-state index contributed by atoms with van der Waals surface area (Å²) in [4.78, 5) is 20.8. The molecule has 7 heteroatoms. The number of aryl methyl sites for hydroxylation is 1. The van der Waals surface area contributed by atoms with E-state index in [1.165, 1.54) is 11.8 Å². The summed E-state index contributed by atoms with van der Waals surface area (Å²) in [5.74, 6) is 1.04. The summed E-state index contributed by atoms with van der Waals surface area (Å²) >= 11 is 1.36. The van der Waals surface area contributed by atoms with Crippen molar-refractivity contribution in [2.24, 2.45) is 4.99 Å². The first-order valence-electron chi connectivity index (χ1n) is 13.3. The molecular formula is C34H29N3O3S. The van der Waals surface area contributed by atoms with Gasteiger partial charge in [-0.25, -0.2) is 4.99 Å². The number of thioether (sulfide) groups is 1. The molecule has 4 aromatic rings. The third-order valence-corrected chi connectivity index (χ3v) is 7.42. The van der Waals surface area contributed by atoms with Gasteiger partial charge in [-0.1, -0.05) is 72.3 Å². The van der Waals surface area contributed by atoms with E-state index in [0.29, 0.717) is 40.3 Å². The minimum atomic E-state index is -0.101. The van der Waals surface area contributed by atoms with E-state index in [4.69, 9.17) is 14.5 Å². The zero-order valence-corrected chi connectivity index (χ0v) is 23.7. The fraction of sp³-hybridized carbons (Fsp3) is 0.147. The Balaban J connectivity index is 1.42. The molecule has 0 atom stereocenters. The average molecular weight is 560 g/mol. The lowest BCUT2D eigenvalue weighted by Gasteiger charge is -2.15. The Bertz CT molecular complexity index is 1640. The smallest absolute Gasteiger partial charge is 0.267 e. The predicted molar refractivity (Wildman–Crippen MR) is 164 cm³/mol. The number of nitrogens with zero attached hydrogens (tertiary/aromatic N) is 3. The lowest BCUT2D eigenvalue weighted by atomic mass is 10.1. The quantitative estimate of drug-likeness (QED) is 0.197. The number of carbonyl (C=O) groups excluding carboxylic acids is 1. The van der Waals surface area contributed by atoms with Gasteiger partial charge < -0.3 is 9.47 Å². The van der Waals surface area contributed by atoms with Gasteiger partial charge in [0.2, 0.25) is 0 Å². The van der Waals surface area contributed by atoms with E-state index in [-0.39, 0.29) is 12.5 Å². The van der Waals surface area contributed by atoms with Crippen molar-refractivity contribution < 1.29 is 14.3 Å². The minimum absolute atomic E-state index is 0.101. The maximum absolute atomic E-state index is 13.6. The van der Waals surface area contributed by atoms with Gasteiger partial charge in [-0.05, 0) is 73.1 Å².